The number of carbonyl (C=O) groups excluding carboxylic acids is 1. The van der Waals surface area contributed by atoms with Gasteiger partial charge >= 0.3 is 0 Å². The van der Waals surface area contributed by atoms with Crippen LogP contribution in [0.5, 0.6) is 5.75 Å². The largest absolute Gasteiger partial charge is 0.497 e. The monoisotopic (exact) mass is 359 g/mol. The Hall–Kier alpha value is -0.740. The summed E-state index contributed by atoms with van der Waals surface area (Å²) in [5.41, 5.74) is 0.663. The van der Waals surface area contributed by atoms with Crippen LogP contribution in [0.15, 0.2) is 22.7 Å². The fourth-order valence-corrected chi connectivity index (χ4v) is 3.33. The van der Waals surface area contributed by atoms with Crippen molar-refractivity contribution in [1.82, 2.24) is 4.90 Å². The molecule has 1 unspecified atom stereocenters. The van der Waals surface area contributed by atoms with E-state index in [-0.39, 0.29) is 5.91 Å². The average Bonchev–Trinajstić information content (AvgIpc) is 2.48. The molecule has 0 N–H and O–H groups in total. The van der Waals surface area contributed by atoms with Gasteiger partial charge in [-0.05, 0) is 59.3 Å². The number of nitrogens with zero attached hydrogens (tertiary/aromatic N) is 1. The molecule has 1 amide bonds. The highest BCUT2D eigenvalue weighted by atomic mass is 79.9. The number of halogens is 2. The molecule has 0 aromatic heterocycles. The predicted molar refractivity (Wildman–Crippen MR) is 84.7 cm³/mol. The molecule has 1 heterocycles. The molecule has 1 aliphatic rings. The van der Waals surface area contributed by atoms with E-state index in [4.69, 9.17) is 16.3 Å². The van der Waals surface area contributed by atoms with Crippen molar-refractivity contribution >= 4 is 33.4 Å². The van der Waals surface area contributed by atoms with Gasteiger partial charge in [-0.2, -0.15) is 0 Å². The lowest BCUT2D eigenvalue weighted by atomic mass is 9.95. The minimum atomic E-state index is 0.0649. The molecule has 1 atom stereocenters. The van der Waals surface area contributed by atoms with Crippen LogP contribution in [0.3, 0.4) is 0 Å². The molecule has 0 aliphatic carbocycles. The van der Waals surface area contributed by atoms with E-state index in [0.29, 0.717) is 23.1 Å². The lowest BCUT2D eigenvalue weighted by molar-refractivity contribution is 0.0670. The zero-order valence-corrected chi connectivity index (χ0v) is 13.9. The van der Waals surface area contributed by atoms with Gasteiger partial charge in [-0.1, -0.05) is 0 Å². The third-order valence-electron chi connectivity index (χ3n) is 3.73. The number of hydrogen-bond acceptors (Lipinski definition) is 2. The van der Waals surface area contributed by atoms with E-state index >= 15 is 0 Å². The number of rotatable bonds is 4. The molecular weight excluding hydrogens is 342 g/mol. The Labute approximate surface area is 133 Å². The van der Waals surface area contributed by atoms with Gasteiger partial charge in [-0.15, -0.1) is 11.6 Å². The molecule has 1 fully saturated rings. The topological polar surface area (TPSA) is 29.5 Å². The molecule has 110 valence electrons. The average molecular weight is 361 g/mol. The molecule has 20 heavy (non-hydrogen) atoms. The molecule has 1 aliphatic heterocycles. The van der Waals surface area contributed by atoms with Gasteiger partial charge in [0.2, 0.25) is 0 Å². The molecule has 0 saturated carbocycles. The number of likely N-dealkylation sites (tertiary alicyclic amines) is 1. The second kappa shape index (κ2) is 7.32. The van der Waals surface area contributed by atoms with E-state index in [9.17, 15) is 4.79 Å². The van der Waals surface area contributed by atoms with Crippen LogP contribution in [0.25, 0.3) is 0 Å². The molecule has 1 aromatic rings. The van der Waals surface area contributed by atoms with Crippen LogP contribution in [0.1, 0.15) is 29.6 Å². The first-order valence-electron chi connectivity index (χ1n) is 6.84. The van der Waals surface area contributed by atoms with Crippen LogP contribution in [0.4, 0.5) is 0 Å². The summed E-state index contributed by atoms with van der Waals surface area (Å²) in [5.74, 6) is 1.95. The fourth-order valence-electron chi connectivity index (χ4n) is 2.61. The van der Waals surface area contributed by atoms with Gasteiger partial charge in [0.25, 0.3) is 5.91 Å². The van der Waals surface area contributed by atoms with Gasteiger partial charge in [0, 0.05) is 23.4 Å². The first-order chi connectivity index (χ1) is 9.65. The SMILES string of the molecule is COc1ccc(Br)c(C(=O)N2CCCC(CCCl)C2)c1. The van der Waals surface area contributed by atoms with E-state index in [1.54, 1.807) is 13.2 Å². The number of ether oxygens (including phenoxy) is 1. The zero-order valence-electron chi connectivity index (χ0n) is 11.6. The van der Waals surface area contributed by atoms with Crippen molar-refractivity contribution < 1.29 is 9.53 Å². The molecule has 0 spiro atoms. The van der Waals surface area contributed by atoms with Gasteiger partial charge < -0.3 is 9.64 Å². The summed E-state index contributed by atoms with van der Waals surface area (Å²) in [4.78, 5) is 14.6. The summed E-state index contributed by atoms with van der Waals surface area (Å²) >= 11 is 9.27. The normalized spacial score (nSPS) is 18.9. The zero-order chi connectivity index (χ0) is 14.5. The second-order valence-corrected chi connectivity index (χ2v) is 6.32. The lowest BCUT2D eigenvalue weighted by Gasteiger charge is -2.32. The predicted octanol–water partition coefficient (Wildman–Crippen LogP) is 3.94. The second-order valence-electron chi connectivity index (χ2n) is 5.08. The Balaban J connectivity index is 2.14. The Morgan fingerprint density at radius 1 is 1.55 bits per heavy atom. The molecular formula is C15H19BrClNO2. The third kappa shape index (κ3) is 3.67. The van der Waals surface area contributed by atoms with Crippen LogP contribution in [0, 0.1) is 5.92 Å². The fraction of sp³-hybridized carbons (Fsp3) is 0.533. The van der Waals surface area contributed by atoms with E-state index in [1.807, 2.05) is 17.0 Å². The lowest BCUT2D eigenvalue weighted by Crippen LogP contribution is -2.40. The number of amides is 1. The Morgan fingerprint density at radius 2 is 2.35 bits per heavy atom. The van der Waals surface area contributed by atoms with Crippen LogP contribution in [-0.2, 0) is 0 Å². The molecule has 2 rings (SSSR count). The number of alkyl halides is 1. The van der Waals surface area contributed by atoms with Crippen LogP contribution in [0.2, 0.25) is 0 Å². The quantitative estimate of drug-likeness (QED) is 0.761. The summed E-state index contributed by atoms with van der Waals surface area (Å²) in [7, 11) is 1.61. The molecule has 3 nitrogen and oxygen atoms in total. The smallest absolute Gasteiger partial charge is 0.255 e. The van der Waals surface area contributed by atoms with Crippen molar-refractivity contribution in [3.8, 4) is 5.75 Å². The molecule has 0 radical (unpaired) electrons. The Kier molecular flexibility index (Phi) is 5.73. The van der Waals surface area contributed by atoms with Gasteiger partial charge in [0.15, 0.2) is 0 Å². The van der Waals surface area contributed by atoms with Crippen LogP contribution >= 0.6 is 27.5 Å². The number of benzene rings is 1. The number of methoxy groups -OCH3 is 1. The standard InChI is InChI=1S/C15H19BrClNO2/c1-20-12-4-5-14(16)13(9-12)15(19)18-8-2-3-11(10-18)6-7-17/h4-5,9,11H,2-3,6-8,10H2,1H3. The number of piperidine rings is 1. The van der Waals surface area contributed by atoms with Crippen LogP contribution < -0.4 is 4.74 Å². The maximum atomic E-state index is 12.6. The van der Waals surface area contributed by atoms with Crippen molar-refractivity contribution in [2.45, 2.75) is 19.3 Å². The maximum Gasteiger partial charge on any atom is 0.255 e. The van der Waals surface area contributed by atoms with Gasteiger partial charge in [-0.3, -0.25) is 4.79 Å². The van der Waals surface area contributed by atoms with Crippen LogP contribution in [-0.4, -0.2) is 36.9 Å². The van der Waals surface area contributed by atoms with Gasteiger partial charge in [0.1, 0.15) is 5.75 Å². The van der Waals surface area contributed by atoms with Gasteiger partial charge in [0.05, 0.1) is 12.7 Å². The van der Waals surface area contributed by atoms with E-state index in [1.165, 1.54) is 0 Å². The summed E-state index contributed by atoms with van der Waals surface area (Å²) in [5, 5.41) is 0. The molecule has 5 heteroatoms. The molecule has 0 bridgehead atoms. The van der Waals surface area contributed by atoms with Crippen molar-refractivity contribution in [3.05, 3.63) is 28.2 Å². The summed E-state index contributed by atoms with van der Waals surface area (Å²) in [6, 6.07) is 5.48. The Bertz CT molecular complexity index is 479. The van der Waals surface area contributed by atoms with Crippen molar-refractivity contribution in [1.29, 1.82) is 0 Å². The molecule has 1 aromatic carbocycles. The van der Waals surface area contributed by atoms with Crippen molar-refractivity contribution in [2.24, 2.45) is 5.92 Å². The van der Waals surface area contributed by atoms with E-state index < -0.39 is 0 Å². The third-order valence-corrected chi connectivity index (χ3v) is 4.64. The highest BCUT2D eigenvalue weighted by molar-refractivity contribution is 9.10. The first-order valence-corrected chi connectivity index (χ1v) is 8.17. The number of hydrogen-bond donors (Lipinski definition) is 0. The van der Waals surface area contributed by atoms with Crippen molar-refractivity contribution in [2.75, 3.05) is 26.1 Å². The minimum absolute atomic E-state index is 0.0649. The minimum Gasteiger partial charge on any atom is -0.497 e. The number of carbonyl (C=O) groups is 1. The van der Waals surface area contributed by atoms with E-state index in [2.05, 4.69) is 15.9 Å². The van der Waals surface area contributed by atoms with E-state index in [0.717, 1.165) is 36.8 Å². The van der Waals surface area contributed by atoms with Crippen molar-refractivity contribution in [3.63, 3.8) is 0 Å². The maximum absolute atomic E-state index is 12.6. The first kappa shape index (κ1) is 15.6. The molecule has 1 saturated heterocycles. The highest BCUT2D eigenvalue weighted by Crippen LogP contribution is 2.27. The summed E-state index contributed by atoms with van der Waals surface area (Å²) in [6.45, 7) is 1.62. The summed E-state index contributed by atoms with van der Waals surface area (Å²) < 4.78 is 6.01. The highest BCUT2D eigenvalue weighted by Gasteiger charge is 2.25. The Morgan fingerprint density at radius 3 is 3.05 bits per heavy atom. The van der Waals surface area contributed by atoms with Gasteiger partial charge in [-0.25, -0.2) is 0 Å². The summed E-state index contributed by atoms with van der Waals surface area (Å²) in [6.07, 6.45) is 3.19.